The Bertz CT molecular complexity index is 3350. The third kappa shape index (κ3) is 21.3. The zero-order valence-corrected chi connectivity index (χ0v) is 51.5. The molecule has 4 amide bonds. The first-order valence-corrected chi connectivity index (χ1v) is 30.4. The van der Waals surface area contributed by atoms with Crippen molar-refractivity contribution in [2.45, 2.75) is 137 Å². The largest absolute Gasteiger partial charge is 0.444 e. The second-order valence-electron chi connectivity index (χ2n) is 22.0. The molecular weight excluding hydrogens is 1130 g/mol. The summed E-state index contributed by atoms with van der Waals surface area (Å²) >= 11 is 0. The number of halogens is 4. The molecule has 5 aromatic carbocycles. The van der Waals surface area contributed by atoms with Gasteiger partial charge in [0.05, 0.1) is 41.1 Å². The number of nitrogens with one attached hydrogen (secondary N) is 4. The minimum absolute atomic E-state index is 0.0125. The first-order chi connectivity index (χ1) is 42.3. The molecule has 2 aromatic heterocycles. The van der Waals surface area contributed by atoms with E-state index in [0.717, 1.165) is 61.8 Å². The van der Waals surface area contributed by atoms with Gasteiger partial charge in [-0.2, -0.15) is 0 Å². The van der Waals surface area contributed by atoms with Gasteiger partial charge < -0.3 is 45.7 Å². The van der Waals surface area contributed by atoms with Gasteiger partial charge in [-0.3, -0.25) is 24.2 Å². The Balaban J connectivity index is 0.000000284. The van der Waals surface area contributed by atoms with E-state index >= 15 is 0 Å². The number of carbonyl (C=O) groups excluding carboxylic acids is 4. The van der Waals surface area contributed by atoms with Crippen molar-refractivity contribution in [2.75, 3.05) is 39.3 Å². The standard InChI is InChI=1S/C37H44F2N4O4.C32H40F2N4O3/c1-5-11-43(12-6-2)37(46)30-18-28(17-29(19-30)36-41-24(4)23-47-36)35(45)42-33(16-27-14-31(38)20-32(39)15-27)34(44)22-40-21-26-10-8-9-25(7-3)13-26;1-4-10-38(11-5-2)32(41)26-16-25(19-36-20-26)31(40)37-29(15-24-13-27(33)17-28(34)14-24)30(39)21-35-18-23-9-7-8-22(6-3)12-23/h8-10,13-15,17-20,23,33-34,40,44H,5-7,11-12,16,21-22H2,1-4H3,(H,42,45);7-9,12-14,16-17,19-20,29-30,35,39H,4-6,10-11,15,18,21H2,1-3H3,(H,37,40)/t33-,34+;29-,30+/m00/s1. The van der Waals surface area contributed by atoms with Gasteiger partial charge in [0.1, 0.15) is 29.5 Å². The Morgan fingerprint density at radius 1 is 0.511 bits per heavy atom. The van der Waals surface area contributed by atoms with E-state index in [-0.39, 0.29) is 60.3 Å². The summed E-state index contributed by atoms with van der Waals surface area (Å²) in [5, 5.41) is 34.5. The lowest BCUT2D eigenvalue weighted by Gasteiger charge is -2.25. The fourth-order valence-corrected chi connectivity index (χ4v) is 10.2. The van der Waals surface area contributed by atoms with Gasteiger partial charge in [0.15, 0.2) is 0 Å². The molecule has 4 atom stereocenters. The van der Waals surface area contributed by atoms with Crippen LogP contribution in [-0.4, -0.2) is 117 Å². The summed E-state index contributed by atoms with van der Waals surface area (Å²) in [5.74, 6) is -4.30. The Morgan fingerprint density at radius 2 is 0.920 bits per heavy atom. The maximum Gasteiger partial charge on any atom is 0.255 e. The molecule has 470 valence electrons. The smallest absolute Gasteiger partial charge is 0.255 e. The number of aryl methyl sites for hydroxylation is 3. The molecule has 0 fully saturated rings. The number of aliphatic hydroxyl groups is 2. The summed E-state index contributed by atoms with van der Waals surface area (Å²) < 4.78 is 61.6. The van der Waals surface area contributed by atoms with Crippen LogP contribution in [0.25, 0.3) is 11.5 Å². The summed E-state index contributed by atoms with van der Waals surface area (Å²) in [4.78, 5) is 65.8. The third-order valence-corrected chi connectivity index (χ3v) is 14.6. The molecule has 7 rings (SSSR count). The van der Waals surface area contributed by atoms with Gasteiger partial charge in [-0.05, 0) is 140 Å². The van der Waals surface area contributed by atoms with Gasteiger partial charge in [0, 0.05) is 93.6 Å². The molecule has 2 heterocycles. The van der Waals surface area contributed by atoms with Crippen molar-refractivity contribution >= 4 is 23.6 Å². The lowest BCUT2D eigenvalue weighted by Crippen LogP contribution is -2.48. The molecule has 15 nitrogen and oxygen atoms in total. The van der Waals surface area contributed by atoms with Crippen LogP contribution in [0.15, 0.2) is 132 Å². The van der Waals surface area contributed by atoms with Crippen LogP contribution in [0, 0.1) is 30.2 Å². The van der Waals surface area contributed by atoms with Crippen molar-refractivity contribution < 1.29 is 51.4 Å². The predicted molar refractivity (Wildman–Crippen MR) is 334 cm³/mol. The fraction of sp³-hybridized carbons (Fsp3) is 0.391. The van der Waals surface area contributed by atoms with Crippen molar-refractivity contribution in [2.24, 2.45) is 0 Å². The monoisotopic (exact) mass is 1210 g/mol. The minimum Gasteiger partial charge on any atom is -0.444 e. The van der Waals surface area contributed by atoms with Crippen molar-refractivity contribution in [3.8, 4) is 11.5 Å². The number of aromatic nitrogens is 2. The summed E-state index contributed by atoms with van der Waals surface area (Å²) in [6, 6.07) is 26.8. The number of hydrogen-bond acceptors (Lipinski definition) is 11. The molecule has 0 unspecified atom stereocenters. The second kappa shape index (κ2) is 35.0. The number of hydrogen-bond donors (Lipinski definition) is 6. The van der Waals surface area contributed by atoms with Crippen molar-refractivity contribution in [3.05, 3.63) is 212 Å². The SMILES string of the molecule is CCCN(CCC)C(=O)c1cc(C(=O)N[C@@H](Cc2cc(F)cc(F)c2)[C@H](O)CNCc2cccc(CC)c2)cc(-c2nc(C)co2)c1.CCCN(CCC)C(=O)c1cncc(C(=O)N[C@@H](Cc2cc(F)cc(F)c2)[C@H](O)CNCc2cccc(CC)c2)c1. The third-order valence-electron chi connectivity index (χ3n) is 14.6. The number of benzene rings is 5. The molecule has 0 saturated heterocycles. The van der Waals surface area contributed by atoms with E-state index in [9.17, 15) is 47.0 Å². The highest BCUT2D eigenvalue weighted by Crippen LogP contribution is 2.25. The van der Waals surface area contributed by atoms with Crippen LogP contribution in [0.4, 0.5) is 17.6 Å². The Morgan fingerprint density at radius 3 is 1.35 bits per heavy atom. The van der Waals surface area contributed by atoms with Crippen LogP contribution in [0.3, 0.4) is 0 Å². The highest BCUT2D eigenvalue weighted by atomic mass is 19.1. The van der Waals surface area contributed by atoms with Crippen LogP contribution in [-0.2, 0) is 38.8 Å². The summed E-state index contributed by atoms with van der Waals surface area (Å²) in [6.07, 6.45) is 6.96. The van der Waals surface area contributed by atoms with E-state index in [1.807, 2.05) is 64.1 Å². The van der Waals surface area contributed by atoms with Gasteiger partial charge in [-0.25, -0.2) is 22.5 Å². The number of carbonyl (C=O) groups is 4. The summed E-state index contributed by atoms with van der Waals surface area (Å²) in [5.41, 5.74) is 7.03. The second-order valence-corrected chi connectivity index (χ2v) is 22.0. The van der Waals surface area contributed by atoms with E-state index in [1.54, 1.807) is 28.9 Å². The first-order valence-electron chi connectivity index (χ1n) is 30.4. The Labute approximate surface area is 514 Å². The molecule has 19 heteroatoms. The summed E-state index contributed by atoms with van der Waals surface area (Å²) in [6.45, 7) is 17.4. The lowest BCUT2D eigenvalue weighted by molar-refractivity contribution is 0.0747. The van der Waals surface area contributed by atoms with E-state index in [1.165, 1.54) is 66.2 Å². The minimum atomic E-state index is -1.12. The molecule has 0 saturated carbocycles. The maximum absolute atomic E-state index is 14.1. The molecule has 6 N–H and O–H groups in total. The summed E-state index contributed by atoms with van der Waals surface area (Å²) in [7, 11) is 0. The molecule has 0 spiro atoms. The average molecular weight is 1210 g/mol. The van der Waals surface area contributed by atoms with Gasteiger partial charge in [0.2, 0.25) is 5.89 Å². The lowest BCUT2D eigenvalue weighted by atomic mass is 9.99. The van der Waals surface area contributed by atoms with Crippen LogP contribution >= 0.6 is 0 Å². The van der Waals surface area contributed by atoms with Gasteiger partial charge in [-0.15, -0.1) is 0 Å². The van der Waals surface area contributed by atoms with E-state index in [2.05, 4.69) is 57.2 Å². The normalized spacial score (nSPS) is 12.5. The molecule has 0 aliphatic carbocycles. The highest BCUT2D eigenvalue weighted by molar-refractivity contribution is 6.01. The van der Waals surface area contributed by atoms with Crippen molar-refractivity contribution in [3.63, 3.8) is 0 Å². The Kier molecular flexibility index (Phi) is 27.5. The molecule has 0 bridgehead atoms. The Hall–Kier alpha value is -8.10. The topological polar surface area (TPSA) is 202 Å². The van der Waals surface area contributed by atoms with E-state index < -0.39 is 59.4 Å². The number of amides is 4. The average Bonchev–Trinajstić information content (AvgIpc) is 2.53. The van der Waals surface area contributed by atoms with Gasteiger partial charge in [-0.1, -0.05) is 90.1 Å². The van der Waals surface area contributed by atoms with E-state index in [4.69, 9.17) is 4.42 Å². The number of rotatable bonds is 31. The number of nitrogens with zero attached hydrogens (tertiary/aromatic N) is 4. The zero-order valence-electron chi connectivity index (χ0n) is 51.5. The number of pyridine rings is 1. The molecular formula is C69H84F4N8O7. The highest BCUT2D eigenvalue weighted by Gasteiger charge is 2.27. The molecule has 0 radical (unpaired) electrons. The van der Waals surface area contributed by atoms with Crippen LogP contribution in [0.1, 0.15) is 148 Å². The van der Waals surface area contributed by atoms with Crippen LogP contribution < -0.4 is 21.3 Å². The van der Waals surface area contributed by atoms with E-state index in [0.29, 0.717) is 67.2 Å². The van der Waals surface area contributed by atoms with Crippen molar-refractivity contribution in [1.29, 1.82) is 0 Å². The number of oxazole rings is 1. The molecule has 7 aromatic rings. The van der Waals surface area contributed by atoms with Crippen LogP contribution in [0.2, 0.25) is 0 Å². The zero-order chi connectivity index (χ0) is 63.7. The predicted octanol–water partition coefficient (Wildman–Crippen LogP) is 10.9. The van der Waals surface area contributed by atoms with Crippen LogP contribution in [0.5, 0.6) is 0 Å². The van der Waals surface area contributed by atoms with Gasteiger partial charge in [0.25, 0.3) is 23.6 Å². The molecule has 0 aliphatic rings. The first kappa shape index (κ1) is 69.0. The van der Waals surface area contributed by atoms with Crippen molar-refractivity contribution in [1.82, 2.24) is 41.0 Å². The molecule has 88 heavy (non-hydrogen) atoms. The quantitative estimate of drug-likeness (QED) is 0.0226. The maximum atomic E-state index is 14.1. The number of aliphatic hydroxyl groups excluding tert-OH is 2. The van der Waals surface area contributed by atoms with Gasteiger partial charge >= 0.3 is 0 Å². The molecule has 0 aliphatic heterocycles. The fourth-order valence-electron chi connectivity index (χ4n) is 10.2.